The molecule has 0 spiro atoms. The van der Waals surface area contributed by atoms with Crippen LogP contribution in [0, 0.1) is 0 Å². The van der Waals surface area contributed by atoms with Crippen LogP contribution in [-0.4, -0.2) is 56.6 Å². The molecule has 0 bridgehead atoms. The van der Waals surface area contributed by atoms with Crippen LogP contribution in [-0.2, 0) is 9.59 Å². The highest BCUT2D eigenvalue weighted by Gasteiger charge is 2.22. The number of hydrogen-bond donors (Lipinski definition) is 1. The van der Waals surface area contributed by atoms with Crippen molar-refractivity contribution in [2.24, 2.45) is 0 Å². The maximum Gasteiger partial charge on any atom is 0.248 e. The van der Waals surface area contributed by atoms with Crippen molar-refractivity contribution >= 4 is 40.9 Å². The Morgan fingerprint density at radius 2 is 1.88 bits per heavy atom. The third kappa shape index (κ3) is 5.73. The van der Waals surface area contributed by atoms with Crippen LogP contribution in [0.5, 0.6) is 11.5 Å². The predicted molar refractivity (Wildman–Crippen MR) is 128 cm³/mol. The second-order valence-corrected chi connectivity index (χ2v) is 7.70. The third-order valence-electron chi connectivity index (χ3n) is 5.20. The molecule has 1 aliphatic heterocycles. The van der Waals surface area contributed by atoms with E-state index in [0.717, 1.165) is 11.3 Å². The van der Waals surface area contributed by atoms with Crippen molar-refractivity contribution in [2.75, 3.05) is 50.1 Å². The molecule has 0 radical (unpaired) electrons. The molecule has 3 rings (SSSR count). The van der Waals surface area contributed by atoms with E-state index in [4.69, 9.17) is 21.1 Å². The van der Waals surface area contributed by atoms with Crippen LogP contribution in [0.4, 0.5) is 11.4 Å². The van der Waals surface area contributed by atoms with Gasteiger partial charge in [-0.15, -0.1) is 0 Å². The van der Waals surface area contributed by atoms with Crippen molar-refractivity contribution in [3.8, 4) is 11.5 Å². The predicted octanol–water partition coefficient (Wildman–Crippen LogP) is 4.07. The Morgan fingerprint density at radius 1 is 1.12 bits per heavy atom. The van der Waals surface area contributed by atoms with Gasteiger partial charge in [0.15, 0.2) is 11.5 Å². The topological polar surface area (TPSA) is 71.1 Å². The first kappa shape index (κ1) is 23.5. The second-order valence-electron chi connectivity index (χ2n) is 7.30. The number of carbonyl (C=O) groups excluding carboxylic acids is 2. The highest BCUT2D eigenvalue weighted by atomic mass is 35.5. The molecule has 0 aromatic heterocycles. The Balaban J connectivity index is 1.72. The molecule has 1 aliphatic rings. The smallest absolute Gasteiger partial charge is 0.248 e. The van der Waals surface area contributed by atoms with Gasteiger partial charge in [0, 0.05) is 39.2 Å². The van der Waals surface area contributed by atoms with E-state index >= 15 is 0 Å². The lowest BCUT2D eigenvalue weighted by Crippen LogP contribution is -2.48. The number of benzene rings is 2. The second kappa shape index (κ2) is 10.9. The summed E-state index contributed by atoms with van der Waals surface area (Å²) < 4.78 is 10.9. The number of piperazine rings is 1. The zero-order valence-electron chi connectivity index (χ0n) is 18.6. The van der Waals surface area contributed by atoms with Crippen LogP contribution >= 0.6 is 11.6 Å². The summed E-state index contributed by atoms with van der Waals surface area (Å²) in [7, 11) is 1.58. The minimum Gasteiger partial charge on any atom is -0.493 e. The van der Waals surface area contributed by atoms with Crippen molar-refractivity contribution in [3.05, 3.63) is 53.1 Å². The van der Waals surface area contributed by atoms with E-state index in [9.17, 15) is 9.59 Å². The number of hydrogen-bond acceptors (Lipinski definition) is 5. The molecule has 7 nitrogen and oxygen atoms in total. The number of nitrogens with zero attached hydrogens (tertiary/aromatic N) is 2. The molecular weight excluding hydrogens is 430 g/mol. The summed E-state index contributed by atoms with van der Waals surface area (Å²) >= 11 is 6.47. The van der Waals surface area contributed by atoms with Crippen molar-refractivity contribution in [1.29, 1.82) is 0 Å². The number of nitrogens with one attached hydrogen (secondary N) is 1. The lowest BCUT2D eigenvalue weighted by atomic mass is 10.1. The number of halogens is 1. The normalized spacial score (nSPS) is 13.9. The molecule has 0 atom stereocenters. The first-order valence-corrected chi connectivity index (χ1v) is 10.9. The average molecular weight is 458 g/mol. The minimum absolute atomic E-state index is 0.0633. The molecule has 2 amide bonds. The zero-order chi connectivity index (χ0) is 23.1. The van der Waals surface area contributed by atoms with E-state index in [1.807, 2.05) is 31.2 Å². The van der Waals surface area contributed by atoms with Crippen LogP contribution in [0.25, 0.3) is 6.08 Å². The van der Waals surface area contributed by atoms with Crippen molar-refractivity contribution in [2.45, 2.75) is 13.8 Å². The zero-order valence-corrected chi connectivity index (χ0v) is 19.3. The fourth-order valence-corrected chi connectivity index (χ4v) is 3.89. The van der Waals surface area contributed by atoms with Gasteiger partial charge < -0.3 is 24.6 Å². The summed E-state index contributed by atoms with van der Waals surface area (Å²) in [6.07, 6.45) is 3.18. The summed E-state index contributed by atoms with van der Waals surface area (Å²) in [5.74, 6) is 1.05. The van der Waals surface area contributed by atoms with Gasteiger partial charge in [-0.2, -0.15) is 0 Å². The number of methoxy groups -OCH3 is 1. The van der Waals surface area contributed by atoms with Gasteiger partial charge in [-0.05, 0) is 42.8 Å². The summed E-state index contributed by atoms with van der Waals surface area (Å²) in [5, 5.41) is 3.48. The molecular formula is C24H28ClN3O4. The molecule has 8 heteroatoms. The highest BCUT2D eigenvalue weighted by Crippen LogP contribution is 2.35. The molecule has 32 heavy (non-hydrogen) atoms. The van der Waals surface area contributed by atoms with Crippen LogP contribution in [0.2, 0.25) is 5.02 Å². The fraction of sp³-hybridized carbons (Fsp3) is 0.333. The molecule has 0 saturated carbocycles. The van der Waals surface area contributed by atoms with E-state index in [1.54, 1.807) is 37.1 Å². The Hall–Kier alpha value is -3.19. The summed E-state index contributed by atoms with van der Waals surface area (Å²) in [5.41, 5.74) is 2.21. The van der Waals surface area contributed by atoms with Crippen molar-refractivity contribution in [3.63, 3.8) is 0 Å². The van der Waals surface area contributed by atoms with E-state index in [1.165, 1.54) is 6.08 Å². The number of para-hydroxylation sites is 1. The first-order valence-electron chi connectivity index (χ1n) is 10.5. The Morgan fingerprint density at radius 3 is 2.53 bits per heavy atom. The third-order valence-corrected chi connectivity index (χ3v) is 5.51. The number of ether oxygens (including phenoxy) is 2. The maximum absolute atomic E-state index is 12.6. The molecule has 1 fully saturated rings. The van der Waals surface area contributed by atoms with E-state index in [2.05, 4.69) is 10.2 Å². The lowest BCUT2D eigenvalue weighted by Gasteiger charge is -2.36. The van der Waals surface area contributed by atoms with Crippen LogP contribution in [0.1, 0.15) is 19.4 Å². The molecule has 2 aromatic rings. The van der Waals surface area contributed by atoms with Crippen LogP contribution in [0.15, 0.2) is 42.5 Å². The Bertz CT molecular complexity index is 1000. The summed E-state index contributed by atoms with van der Waals surface area (Å²) in [4.78, 5) is 28.1. The number of carbonyl (C=O) groups is 2. The summed E-state index contributed by atoms with van der Waals surface area (Å²) in [6.45, 7) is 6.55. The van der Waals surface area contributed by atoms with Gasteiger partial charge >= 0.3 is 0 Å². The number of rotatable bonds is 7. The number of anilines is 2. The van der Waals surface area contributed by atoms with Crippen LogP contribution in [0.3, 0.4) is 0 Å². The van der Waals surface area contributed by atoms with E-state index < -0.39 is 0 Å². The van der Waals surface area contributed by atoms with Gasteiger partial charge in [-0.25, -0.2) is 0 Å². The maximum atomic E-state index is 12.6. The molecule has 0 aliphatic carbocycles. The summed E-state index contributed by atoms with van der Waals surface area (Å²) in [6, 6.07) is 10.9. The van der Waals surface area contributed by atoms with Crippen molar-refractivity contribution < 1.29 is 19.1 Å². The standard InChI is InChI=1S/C24H28ClN3O4/c1-4-32-21-10-8-18(16-22(21)31-3)9-11-23(30)26-20-7-5-6-19(25)24(20)28-14-12-27(13-15-28)17(2)29/h5-11,16H,4,12-15H2,1-3H3,(H,26,30)/b11-9+. The van der Waals surface area contributed by atoms with Gasteiger partial charge in [-0.3, -0.25) is 9.59 Å². The van der Waals surface area contributed by atoms with E-state index in [-0.39, 0.29) is 11.8 Å². The molecule has 1 saturated heterocycles. The SMILES string of the molecule is CCOc1ccc(/C=C/C(=O)Nc2cccc(Cl)c2N2CCN(C(C)=O)CC2)cc1OC. The van der Waals surface area contributed by atoms with Gasteiger partial charge in [0.2, 0.25) is 11.8 Å². The Kier molecular flexibility index (Phi) is 8.00. The Labute approximate surface area is 193 Å². The number of amides is 2. The lowest BCUT2D eigenvalue weighted by molar-refractivity contribution is -0.129. The average Bonchev–Trinajstić information content (AvgIpc) is 2.79. The van der Waals surface area contributed by atoms with E-state index in [0.29, 0.717) is 55.0 Å². The molecule has 0 unspecified atom stereocenters. The van der Waals surface area contributed by atoms with Gasteiger partial charge in [0.05, 0.1) is 30.1 Å². The van der Waals surface area contributed by atoms with Gasteiger partial charge in [0.1, 0.15) is 0 Å². The monoisotopic (exact) mass is 457 g/mol. The molecule has 1 heterocycles. The fourth-order valence-electron chi connectivity index (χ4n) is 3.59. The quantitative estimate of drug-likeness (QED) is 0.634. The minimum atomic E-state index is -0.274. The molecule has 1 N–H and O–H groups in total. The van der Waals surface area contributed by atoms with Gasteiger partial charge in [-0.1, -0.05) is 23.7 Å². The van der Waals surface area contributed by atoms with Crippen LogP contribution < -0.4 is 19.7 Å². The molecule has 2 aromatic carbocycles. The highest BCUT2D eigenvalue weighted by molar-refractivity contribution is 6.34. The van der Waals surface area contributed by atoms with Gasteiger partial charge in [0.25, 0.3) is 0 Å². The first-order chi connectivity index (χ1) is 15.4. The largest absolute Gasteiger partial charge is 0.493 e. The van der Waals surface area contributed by atoms with Crippen molar-refractivity contribution in [1.82, 2.24) is 4.90 Å². The molecule has 170 valence electrons.